The molecule has 3 atom stereocenters. The van der Waals surface area contributed by atoms with Crippen LogP contribution in [0.1, 0.15) is 25.7 Å². The summed E-state index contributed by atoms with van der Waals surface area (Å²) in [6.45, 7) is 0.993. The number of halogens is 4. The van der Waals surface area contributed by atoms with Crippen LogP contribution in [0.25, 0.3) is 0 Å². The summed E-state index contributed by atoms with van der Waals surface area (Å²) < 4.78 is 51.3. The summed E-state index contributed by atoms with van der Waals surface area (Å²) in [4.78, 5) is 26.4. The summed E-state index contributed by atoms with van der Waals surface area (Å²) in [7, 11) is 0. The summed E-state index contributed by atoms with van der Waals surface area (Å²) in [5, 5.41) is 3.59. The van der Waals surface area contributed by atoms with Crippen LogP contribution in [-0.2, 0) is 19.1 Å². The third-order valence-corrected chi connectivity index (χ3v) is 6.70. The molecule has 3 fully saturated rings. The molecule has 7 nitrogen and oxygen atoms in total. The second kappa shape index (κ2) is 10.1. The lowest BCUT2D eigenvalue weighted by Crippen LogP contribution is -2.43. The Labute approximate surface area is 194 Å². The van der Waals surface area contributed by atoms with E-state index in [2.05, 4.69) is 10.1 Å². The predicted molar refractivity (Wildman–Crippen MR) is 112 cm³/mol. The highest BCUT2D eigenvalue weighted by Gasteiger charge is 2.44. The molecule has 0 unspecified atom stereocenters. The number of fused-ring (bicyclic) bond motifs is 1. The Bertz CT molecular complexity index is 833. The molecule has 4 rings (SSSR count). The van der Waals surface area contributed by atoms with Gasteiger partial charge in [0.2, 0.25) is 5.91 Å². The summed E-state index contributed by atoms with van der Waals surface area (Å²) >= 11 is 5.82. The van der Waals surface area contributed by atoms with Crippen LogP contribution in [0.3, 0.4) is 0 Å². The first-order valence-electron chi connectivity index (χ1n) is 11.0. The number of amides is 2. The summed E-state index contributed by atoms with van der Waals surface area (Å²) in [6, 6.07) is 6.83. The number of nitrogens with zero attached hydrogens (tertiary/aromatic N) is 1. The molecule has 1 aromatic carbocycles. The van der Waals surface area contributed by atoms with Crippen LogP contribution < -0.4 is 10.1 Å². The van der Waals surface area contributed by atoms with E-state index >= 15 is 0 Å². The molecular weight excluding hydrogens is 465 g/mol. The van der Waals surface area contributed by atoms with E-state index in [1.54, 1.807) is 29.2 Å². The molecule has 33 heavy (non-hydrogen) atoms. The van der Waals surface area contributed by atoms with Crippen LogP contribution in [0, 0.1) is 11.8 Å². The third kappa shape index (κ3) is 6.74. The van der Waals surface area contributed by atoms with E-state index in [-0.39, 0.29) is 50.0 Å². The van der Waals surface area contributed by atoms with Crippen LogP contribution in [-0.4, -0.2) is 67.6 Å². The number of nitrogens with one attached hydrogen (secondary N) is 1. The highest BCUT2D eigenvalue weighted by atomic mass is 35.5. The second-order valence-electron chi connectivity index (χ2n) is 8.89. The molecule has 0 radical (unpaired) electrons. The van der Waals surface area contributed by atoms with Crippen molar-refractivity contribution in [1.29, 1.82) is 0 Å². The lowest BCUT2D eigenvalue weighted by Gasteiger charge is -2.35. The molecule has 2 saturated carbocycles. The van der Waals surface area contributed by atoms with E-state index in [1.165, 1.54) is 0 Å². The number of rotatable bonds is 8. The molecule has 11 heteroatoms. The minimum absolute atomic E-state index is 0.0513. The first-order chi connectivity index (χ1) is 15.6. The molecule has 0 aromatic heterocycles. The zero-order chi connectivity index (χ0) is 23.6. The van der Waals surface area contributed by atoms with Gasteiger partial charge in [-0.2, -0.15) is 0 Å². The minimum Gasteiger partial charge on any atom is -0.484 e. The standard InChI is InChI=1S/C22H26ClF3N2O5/c23-15-1-3-17(4-2-15)31-11-20(29)27-16-5-13-9-28(10-14(13)6-16)21(30)12-32-18-7-19(8-18)33-22(24,25)26/h1-4,13-14,16,18-19H,5-12H2,(H,27,29)/t13-,14+,16+,18-,19+. The van der Waals surface area contributed by atoms with Gasteiger partial charge in [-0.25, -0.2) is 0 Å². The molecule has 1 saturated heterocycles. The summed E-state index contributed by atoms with van der Waals surface area (Å²) in [5.74, 6) is 0.847. The molecule has 1 N–H and O–H groups in total. The number of carbonyl (C=O) groups is 2. The number of benzene rings is 1. The van der Waals surface area contributed by atoms with Gasteiger partial charge >= 0.3 is 6.36 Å². The van der Waals surface area contributed by atoms with E-state index < -0.39 is 12.5 Å². The largest absolute Gasteiger partial charge is 0.522 e. The van der Waals surface area contributed by atoms with Crippen LogP contribution >= 0.6 is 11.6 Å². The number of carbonyl (C=O) groups excluding carboxylic acids is 2. The van der Waals surface area contributed by atoms with Gasteiger partial charge in [0.1, 0.15) is 12.4 Å². The van der Waals surface area contributed by atoms with Gasteiger partial charge < -0.3 is 19.7 Å². The van der Waals surface area contributed by atoms with Gasteiger partial charge in [0.15, 0.2) is 6.61 Å². The van der Waals surface area contributed by atoms with Crippen molar-refractivity contribution in [2.24, 2.45) is 11.8 Å². The molecule has 2 aliphatic carbocycles. The van der Waals surface area contributed by atoms with Gasteiger partial charge in [-0.1, -0.05) is 11.6 Å². The zero-order valence-corrected chi connectivity index (χ0v) is 18.6. The molecule has 2 amide bonds. The highest BCUT2D eigenvalue weighted by molar-refractivity contribution is 6.30. The van der Waals surface area contributed by atoms with Crippen molar-refractivity contribution in [2.45, 2.75) is 50.3 Å². The van der Waals surface area contributed by atoms with Crippen molar-refractivity contribution in [3.63, 3.8) is 0 Å². The quantitative estimate of drug-likeness (QED) is 0.606. The van der Waals surface area contributed by atoms with Crippen LogP contribution in [0.4, 0.5) is 13.2 Å². The minimum atomic E-state index is -4.64. The molecule has 1 aliphatic heterocycles. The average molecular weight is 491 g/mol. The second-order valence-corrected chi connectivity index (χ2v) is 9.32. The maximum absolute atomic E-state index is 12.4. The summed E-state index contributed by atoms with van der Waals surface area (Å²) in [5.41, 5.74) is 0. The van der Waals surface area contributed by atoms with Crippen LogP contribution in [0.5, 0.6) is 5.75 Å². The third-order valence-electron chi connectivity index (χ3n) is 6.45. The fourth-order valence-corrected chi connectivity index (χ4v) is 4.92. The molecule has 0 bridgehead atoms. The highest BCUT2D eigenvalue weighted by Crippen LogP contribution is 2.38. The van der Waals surface area contributed by atoms with Gasteiger partial charge in [0, 0.05) is 37.0 Å². The van der Waals surface area contributed by atoms with E-state index in [0.29, 0.717) is 35.7 Å². The molecular formula is C22H26ClF3N2O5. The van der Waals surface area contributed by atoms with Crippen LogP contribution in [0.2, 0.25) is 5.02 Å². The number of hydrogen-bond donors (Lipinski definition) is 1. The Hall–Kier alpha value is -2.04. The van der Waals surface area contributed by atoms with Crippen molar-refractivity contribution in [1.82, 2.24) is 10.2 Å². The van der Waals surface area contributed by atoms with Crippen molar-refractivity contribution in [3.05, 3.63) is 29.3 Å². The normalized spacial score (nSPS) is 28.8. The predicted octanol–water partition coefficient (Wildman–Crippen LogP) is 3.16. The first-order valence-corrected chi connectivity index (χ1v) is 11.3. The first kappa shape index (κ1) is 24.1. The van der Waals surface area contributed by atoms with E-state index in [0.717, 1.165) is 12.8 Å². The maximum Gasteiger partial charge on any atom is 0.522 e. The molecule has 182 valence electrons. The zero-order valence-electron chi connectivity index (χ0n) is 17.9. The van der Waals surface area contributed by atoms with Crippen LogP contribution in [0.15, 0.2) is 24.3 Å². The Morgan fingerprint density at radius 2 is 1.64 bits per heavy atom. The van der Waals surface area contributed by atoms with Crippen molar-refractivity contribution >= 4 is 23.4 Å². The Morgan fingerprint density at radius 1 is 1.00 bits per heavy atom. The Balaban J connectivity index is 1.11. The van der Waals surface area contributed by atoms with Gasteiger partial charge in [-0.3, -0.25) is 14.3 Å². The SMILES string of the molecule is O=C(COc1ccc(Cl)cc1)N[C@H]1C[C@@H]2CN(C(=O)CO[C@H]3C[C@@H](OC(F)(F)F)C3)C[C@@H]2C1. The maximum atomic E-state index is 12.4. The van der Waals surface area contributed by atoms with E-state index in [1.807, 2.05) is 0 Å². The van der Waals surface area contributed by atoms with Gasteiger partial charge in [0.05, 0.1) is 12.2 Å². The van der Waals surface area contributed by atoms with E-state index in [9.17, 15) is 22.8 Å². The number of ether oxygens (including phenoxy) is 3. The van der Waals surface area contributed by atoms with Crippen molar-refractivity contribution in [2.75, 3.05) is 26.3 Å². The lowest BCUT2D eigenvalue weighted by atomic mass is 9.92. The average Bonchev–Trinajstić information content (AvgIpc) is 3.26. The molecule has 3 aliphatic rings. The number of hydrogen-bond acceptors (Lipinski definition) is 5. The molecule has 1 aromatic rings. The fraction of sp³-hybridized carbons (Fsp3) is 0.636. The van der Waals surface area contributed by atoms with Gasteiger partial charge in [-0.15, -0.1) is 13.2 Å². The topological polar surface area (TPSA) is 77.1 Å². The smallest absolute Gasteiger partial charge is 0.484 e. The van der Waals surface area contributed by atoms with Gasteiger partial charge in [-0.05, 0) is 48.9 Å². The number of likely N-dealkylation sites (tertiary alicyclic amines) is 1. The van der Waals surface area contributed by atoms with Gasteiger partial charge in [0.25, 0.3) is 5.91 Å². The summed E-state index contributed by atoms with van der Waals surface area (Å²) in [6.07, 6.45) is -4.04. The lowest BCUT2D eigenvalue weighted by molar-refractivity contribution is -0.357. The molecule has 1 heterocycles. The van der Waals surface area contributed by atoms with Crippen molar-refractivity contribution < 1.29 is 37.0 Å². The number of alkyl halides is 3. The fourth-order valence-electron chi connectivity index (χ4n) is 4.79. The monoisotopic (exact) mass is 490 g/mol. The van der Waals surface area contributed by atoms with Crippen molar-refractivity contribution in [3.8, 4) is 5.75 Å². The Morgan fingerprint density at radius 3 is 2.24 bits per heavy atom. The molecule has 0 spiro atoms. The van der Waals surface area contributed by atoms with E-state index in [4.69, 9.17) is 21.1 Å². The Kier molecular flexibility index (Phi) is 7.35.